The summed E-state index contributed by atoms with van der Waals surface area (Å²) in [6, 6.07) is 2.79. The molecule has 0 aromatic carbocycles. The molecule has 6 nitrogen and oxygen atoms in total. The van der Waals surface area contributed by atoms with Crippen LogP contribution in [0.1, 0.15) is 38.3 Å². The fourth-order valence-corrected chi connectivity index (χ4v) is 3.08. The zero-order valence-electron chi connectivity index (χ0n) is 14.0. The van der Waals surface area contributed by atoms with Crippen LogP contribution in [-0.2, 0) is 7.05 Å². The normalized spacial score (nSPS) is 12.9. The number of halogens is 2. The van der Waals surface area contributed by atoms with E-state index in [1.807, 2.05) is 13.8 Å². The van der Waals surface area contributed by atoms with E-state index in [-0.39, 0.29) is 33.1 Å². The zero-order valence-corrected chi connectivity index (χ0v) is 14.8. The molecule has 3 aromatic heterocycles. The lowest BCUT2D eigenvalue weighted by Crippen LogP contribution is -2.20. The number of pyridine rings is 1. The standard InChI is InChI=1S/C16H17F2N5OS/c1-4-8(2)23-14-12(15(24)20-16(23)25)9(13(17)18)7-11(19-14)10-5-6-22(3)21-10/h5-8,13H,4H2,1-3H3,(H,20,24,25)/t8-/m1/s1. The van der Waals surface area contributed by atoms with E-state index < -0.39 is 12.0 Å². The van der Waals surface area contributed by atoms with Crippen molar-refractivity contribution in [3.63, 3.8) is 0 Å². The predicted octanol–water partition coefficient (Wildman–Crippen LogP) is 3.76. The van der Waals surface area contributed by atoms with E-state index in [0.717, 1.165) is 0 Å². The molecule has 0 fully saturated rings. The number of fused-ring (bicyclic) bond motifs is 1. The highest BCUT2D eigenvalue weighted by Gasteiger charge is 2.22. The Bertz CT molecular complexity index is 1050. The Kier molecular flexibility index (Phi) is 4.51. The summed E-state index contributed by atoms with van der Waals surface area (Å²) in [7, 11) is 1.73. The number of aryl methyl sites for hydroxylation is 1. The second kappa shape index (κ2) is 6.47. The number of aromatic amines is 1. The van der Waals surface area contributed by atoms with Crippen molar-refractivity contribution in [1.82, 2.24) is 24.3 Å². The number of nitrogens with one attached hydrogen (secondary N) is 1. The van der Waals surface area contributed by atoms with Gasteiger partial charge in [-0.1, -0.05) is 6.92 Å². The number of hydrogen-bond acceptors (Lipinski definition) is 4. The van der Waals surface area contributed by atoms with Crippen LogP contribution in [0.25, 0.3) is 22.4 Å². The molecule has 0 radical (unpaired) electrons. The minimum Gasteiger partial charge on any atom is -0.300 e. The number of hydrogen-bond donors (Lipinski definition) is 1. The molecule has 0 amide bonds. The fraction of sp³-hybridized carbons (Fsp3) is 0.375. The van der Waals surface area contributed by atoms with Gasteiger partial charge in [-0.2, -0.15) is 5.10 Å². The second-order valence-corrected chi connectivity index (χ2v) is 6.24. The summed E-state index contributed by atoms with van der Waals surface area (Å²) >= 11 is 5.24. The first-order chi connectivity index (χ1) is 11.8. The zero-order chi connectivity index (χ0) is 18.3. The highest BCUT2D eigenvalue weighted by atomic mass is 32.1. The summed E-state index contributed by atoms with van der Waals surface area (Å²) in [4.78, 5) is 19.3. The van der Waals surface area contributed by atoms with Gasteiger partial charge >= 0.3 is 0 Å². The molecule has 3 rings (SSSR count). The summed E-state index contributed by atoms with van der Waals surface area (Å²) in [5.41, 5.74) is -0.149. The molecule has 0 spiro atoms. The number of rotatable bonds is 4. The SMILES string of the molecule is CC[C@@H](C)n1c(=S)[nH]c(=O)c2c(C(F)F)cc(-c3ccn(C)n3)nc21. The van der Waals surface area contributed by atoms with Crippen LogP contribution in [0.2, 0.25) is 0 Å². The van der Waals surface area contributed by atoms with Crippen molar-refractivity contribution in [2.24, 2.45) is 7.05 Å². The van der Waals surface area contributed by atoms with Crippen molar-refractivity contribution < 1.29 is 8.78 Å². The van der Waals surface area contributed by atoms with Gasteiger partial charge < -0.3 is 0 Å². The summed E-state index contributed by atoms with van der Waals surface area (Å²) in [6.45, 7) is 3.84. The van der Waals surface area contributed by atoms with Crippen LogP contribution in [0.4, 0.5) is 8.78 Å². The highest BCUT2D eigenvalue weighted by Crippen LogP contribution is 2.30. The van der Waals surface area contributed by atoms with Crippen molar-refractivity contribution in [3.05, 3.63) is 39.0 Å². The van der Waals surface area contributed by atoms with Crippen molar-refractivity contribution >= 4 is 23.3 Å². The van der Waals surface area contributed by atoms with E-state index in [2.05, 4.69) is 15.1 Å². The maximum Gasteiger partial charge on any atom is 0.264 e. The Balaban J connectivity index is 2.47. The Morgan fingerprint density at radius 3 is 2.64 bits per heavy atom. The lowest BCUT2D eigenvalue weighted by Gasteiger charge is -2.18. The van der Waals surface area contributed by atoms with Gasteiger partial charge in [0.25, 0.3) is 12.0 Å². The van der Waals surface area contributed by atoms with E-state index in [9.17, 15) is 13.6 Å². The lowest BCUT2D eigenvalue weighted by molar-refractivity contribution is 0.153. The molecule has 1 atom stereocenters. The molecule has 0 aliphatic heterocycles. The molecule has 0 saturated heterocycles. The summed E-state index contributed by atoms with van der Waals surface area (Å²) in [5, 5.41) is 4.08. The van der Waals surface area contributed by atoms with E-state index >= 15 is 0 Å². The van der Waals surface area contributed by atoms with E-state index in [4.69, 9.17) is 12.2 Å². The van der Waals surface area contributed by atoms with Gasteiger partial charge in [0.1, 0.15) is 11.3 Å². The van der Waals surface area contributed by atoms with Crippen LogP contribution >= 0.6 is 12.2 Å². The van der Waals surface area contributed by atoms with Crippen molar-refractivity contribution in [2.75, 3.05) is 0 Å². The predicted molar refractivity (Wildman–Crippen MR) is 93.3 cm³/mol. The van der Waals surface area contributed by atoms with Gasteiger partial charge in [-0.25, -0.2) is 13.8 Å². The molecule has 3 heterocycles. The van der Waals surface area contributed by atoms with E-state index in [1.165, 1.54) is 6.07 Å². The van der Waals surface area contributed by atoms with Crippen molar-refractivity contribution in [2.45, 2.75) is 32.7 Å². The molecule has 0 aliphatic carbocycles. The number of nitrogens with zero attached hydrogens (tertiary/aromatic N) is 4. The molecule has 0 bridgehead atoms. The summed E-state index contributed by atoms with van der Waals surface area (Å²) < 4.78 is 30.6. The van der Waals surface area contributed by atoms with Gasteiger partial charge in [-0.15, -0.1) is 0 Å². The molecular formula is C16H17F2N5OS. The first-order valence-electron chi connectivity index (χ1n) is 7.81. The van der Waals surface area contributed by atoms with Gasteiger partial charge in [0.05, 0.1) is 11.1 Å². The number of H-pyrrole nitrogens is 1. The molecule has 0 unspecified atom stereocenters. The molecule has 25 heavy (non-hydrogen) atoms. The molecule has 0 saturated carbocycles. The average Bonchev–Trinajstić information content (AvgIpc) is 2.99. The Morgan fingerprint density at radius 2 is 2.08 bits per heavy atom. The van der Waals surface area contributed by atoms with Gasteiger partial charge in [0.2, 0.25) is 0 Å². The third-order valence-corrected chi connectivity index (χ3v) is 4.47. The van der Waals surface area contributed by atoms with Crippen LogP contribution < -0.4 is 5.56 Å². The van der Waals surface area contributed by atoms with Crippen molar-refractivity contribution in [3.8, 4) is 11.4 Å². The average molecular weight is 365 g/mol. The van der Waals surface area contributed by atoms with Gasteiger partial charge in [0, 0.05) is 24.8 Å². The third-order valence-electron chi connectivity index (χ3n) is 4.17. The Labute approximate surface area is 147 Å². The van der Waals surface area contributed by atoms with Crippen LogP contribution in [-0.4, -0.2) is 24.3 Å². The quantitative estimate of drug-likeness (QED) is 0.715. The van der Waals surface area contributed by atoms with E-state index in [0.29, 0.717) is 12.1 Å². The molecule has 132 valence electrons. The van der Waals surface area contributed by atoms with Crippen LogP contribution in [0.5, 0.6) is 0 Å². The largest absolute Gasteiger partial charge is 0.300 e. The maximum atomic E-state index is 13.7. The van der Waals surface area contributed by atoms with Crippen molar-refractivity contribution in [1.29, 1.82) is 0 Å². The summed E-state index contributed by atoms with van der Waals surface area (Å²) in [6.07, 6.45) is -0.424. The maximum absolute atomic E-state index is 13.7. The molecular weight excluding hydrogens is 348 g/mol. The third kappa shape index (κ3) is 2.99. The van der Waals surface area contributed by atoms with Crippen LogP contribution in [0, 0.1) is 4.77 Å². The van der Waals surface area contributed by atoms with Crippen LogP contribution in [0.15, 0.2) is 23.1 Å². The van der Waals surface area contributed by atoms with Gasteiger partial charge in [0.15, 0.2) is 4.77 Å². The molecule has 3 aromatic rings. The van der Waals surface area contributed by atoms with Gasteiger partial charge in [-0.3, -0.25) is 19.0 Å². The lowest BCUT2D eigenvalue weighted by atomic mass is 10.1. The summed E-state index contributed by atoms with van der Waals surface area (Å²) in [5.74, 6) is 0. The molecule has 1 N–H and O–H groups in total. The minimum atomic E-state index is -2.82. The smallest absolute Gasteiger partial charge is 0.264 e. The molecule has 9 heteroatoms. The van der Waals surface area contributed by atoms with E-state index in [1.54, 1.807) is 28.6 Å². The highest BCUT2D eigenvalue weighted by molar-refractivity contribution is 7.71. The minimum absolute atomic E-state index is 0.108. The molecule has 0 aliphatic rings. The van der Waals surface area contributed by atoms with Gasteiger partial charge in [-0.05, 0) is 37.7 Å². The topological polar surface area (TPSA) is 68.5 Å². The first-order valence-corrected chi connectivity index (χ1v) is 8.22. The second-order valence-electron chi connectivity index (χ2n) is 5.86. The number of aromatic nitrogens is 5. The number of alkyl halides is 2. The Hall–Kier alpha value is -2.42. The first kappa shape index (κ1) is 17.4. The monoisotopic (exact) mass is 365 g/mol. The Morgan fingerprint density at radius 1 is 1.36 bits per heavy atom. The fourth-order valence-electron chi connectivity index (χ4n) is 2.72. The van der Waals surface area contributed by atoms with Crippen LogP contribution in [0.3, 0.4) is 0 Å².